The van der Waals surface area contributed by atoms with Crippen LogP contribution >= 0.6 is 0 Å². The number of unbranched alkanes of at least 4 members (excludes halogenated alkanes) is 1. The van der Waals surface area contributed by atoms with Crippen LogP contribution in [0.1, 0.15) is 49.4 Å². The predicted octanol–water partition coefficient (Wildman–Crippen LogP) is 3.64. The summed E-state index contributed by atoms with van der Waals surface area (Å²) in [7, 11) is 0. The smallest absolute Gasteiger partial charge is 0.422 e. The molecule has 30 heavy (non-hydrogen) atoms. The van der Waals surface area contributed by atoms with E-state index in [4.69, 9.17) is 4.74 Å². The predicted molar refractivity (Wildman–Crippen MR) is 101 cm³/mol. The Labute approximate surface area is 173 Å². The maximum absolute atomic E-state index is 12.7. The molecule has 0 spiro atoms. The van der Waals surface area contributed by atoms with Crippen LogP contribution in [0.25, 0.3) is 0 Å². The van der Waals surface area contributed by atoms with Gasteiger partial charge in [0.05, 0.1) is 11.6 Å². The monoisotopic (exact) mass is 429 g/mol. The fourth-order valence-corrected chi connectivity index (χ4v) is 3.86. The van der Waals surface area contributed by atoms with Crippen molar-refractivity contribution in [3.63, 3.8) is 0 Å². The molecule has 2 saturated heterocycles. The fourth-order valence-electron chi connectivity index (χ4n) is 3.86. The highest BCUT2D eigenvalue weighted by Gasteiger charge is 2.39. The minimum absolute atomic E-state index is 0.0437. The molecule has 2 fully saturated rings. The molecule has 0 aromatic carbocycles. The highest BCUT2D eigenvalue weighted by atomic mass is 19.4. The number of likely N-dealkylation sites (tertiary alicyclic amines) is 1. The summed E-state index contributed by atoms with van der Waals surface area (Å²) in [5.41, 5.74) is 0.286. The summed E-state index contributed by atoms with van der Waals surface area (Å²) in [6, 6.07) is 2.80. The highest BCUT2D eigenvalue weighted by molar-refractivity contribution is 5.94. The van der Waals surface area contributed by atoms with Gasteiger partial charge in [-0.2, -0.15) is 13.2 Å². The van der Waals surface area contributed by atoms with Gasteiger partial charge in [0.1, 0.15) is 6.61 Å². The first-order valence-corrected chi connectivity index (χ1v) is 10.2. The molecule has 0 saturated carbocycles. The number of ether oxygens (including phenoxy) is 2. The van der Waals surface area contributed by atoms with Crippen LogP contribution in [0.3, 0.4) is 0 Å². The third kappa shape index (κ3) is 5.54. The molecular formula is C20H26F3N3O4. The van der Waals surface area contributed by atoms with Gasteiger partial charge in [-0.05, 0) is 25.3 Å². The van der Waals surface area contributed by atoms with Crippen LogP contribution in [-0.2, 0) is 4.74 Å². The van der Waals surface area contributed by atoms with E-state index in [1.807, 2.05) is 4.90 Å². The summed E-state index contributed by atoms with van der Waals surface area (Å²) < 4.78 is 46.4. The van der Waals surface area contributed by atoms with Gasteiger partial charge in [-0.25, -0.2) is 9.78 Å². The van der Waals surface area contributed by atoms with Crippen LogP contribution in [-0.4, -0.2) is 71.3 Å². The Balaban J connectivity index is 1.53. The minimum atomic E-state index is -4.45. The Morgan fingerprint density at radius 2 is 2.03 bits per heavy atom. The van der Waals surface area contributed by atoms with E-state index in [1.54, 1.807) is 4.90 Å². The molecule has 1 atom stereocenters. The zero-order valence-corrected chi connectivity index (χ0v) is 16.9. The number of amides is 2. The average molecular weight is 429 g/mol. The number of carbonyl (C=O) groups excluding carboxylic acids is 2. The van der Waals surface area contributed by atoms with Gasteiger partial charge in [0.2, 0.25) is 5.88 Å². The molecule has 1 aromatic rings. The second kappa shape index (κ2) is 9.53. The lowest BCUT2D eigenvalue weighted by atomic mass is 10.00. The number of hydrogen-bond acceptors (Lipinski definition) is 5. The SMILES string of the molecule is CCCCC1COC(=O)N1C1CCN(C(=O)c2ccc(OCC(F)(F)F)nc2)CC1. The number of aromatic nitrogens is 1. The van der Waals surface area contributed by atoms with Crippen LogP contribution in [0.5, 0.6) is 5.88 Å². The van der Waals surface area contributed by atoms with E-state index in [2.05, 4.69) is 16.6 Å². The number of pyridine rings is 1. The van der Waals surface area contributed by atoms with Crippen molar-refractivity contribution in [3.05, 3.63) is 23.9 Å². The average Bonchev–Trinajstić information content (AvgIpc) is 3.10. The van der Waals surface area contributed by atoms with Crippen molar-refractivity contribution >= 4 is 12.0 Å². The Kier molecular flexibility index (Phi) is 7.04. The van der Waals surface area contributed by atoms with Gasteiger partial charge in [0.25, 0.3) is 5.91 Å². The summed E-state index contributed by atoms with van der Waals surface area (Å²) in [6.45, 7) is 2.07. The zero-order valence-electron chi connectivity index (χ0n) is 16.9. The lowest BCUT2D eigenvalue weighted by molar-refractivity contribution is -0.154. The lowest BCUT2D eigenvalue weighted by Gasteiger charge is -2.37. The van der Waals surface area contributed by atoms with Crippen LogP contribution in [0.4, 0.5) is 18.0 Å². The van der Waals surface area contributed by atoms with Crippen molar-refractivity contribution in [2.24, 2.45) is 0 Å². The van der Waals surface area contributed by atoms with Gasteiger partial charge in [-0.15, -0.1) is 0 Å². The topological polar surface area (TPSA) is 72.0 Å². The Morgan fingerprint density at radius 1 is 1.30 bits per heavy atom. The van der Waals surface area contributed by atoms with Crippen molar-refractivity contribution in [1.82, 2.24) is 14.8 Å². The van der Waals surface area contributed by atoms with Crippen molar-refractivity contribution in [2.75, 3.05) is 26.3 Å². The summed E-state index contributed by atoms with van der Waals surface area (Å²) in [5, 5.41) is 0. The molecule has 0 aliphatic carbocycles. The first-order valence-electron chi connectivity index (χ1n) is 10.2. The molecule has 2 aliphatic heterocycles. The molecule has 0 N–H and O–H groups in total. The molecule has 10 heteroatoms. The molecule has 3 rings (SSSR count). The number of piperidine rings is 1. The Morgan fingerprint density at radius 3 is 2.63 bits per heavy atom. The minimum Gasteiger partial charge on any atom is -0.468 e. The molecule has 2 aliphatic rings. The largest absolute Gasteiger partial charge is 0.468 e. The van der Waals surface area contributed by atoms with Crippen LogP contribution in [0.15, 0.2) is 18.3 Å². The first kappa shape index (κ1) is 22.2. The van der Waals surface area contributed by atoms with E-state index in [0.717, 1.165) is 19.3 Å². The quantitative estimate of drug-likeness (QED) is 0.662. The second-order valence-electron chi connectivity index (χ2n) is 7.59. The number of carbonyl (C=O) groups is 2. The molecule has 2 amide bonds. The summed E-state index contributed by atoms with van der Waals surface area (Å²) >= 11 is 0. The van der Waals surface area contributed by atoms with E-state index in [-0.39, 0.29) is 35.5 Å². The summed E-state index contributed by atoms with van der Waals surface area (Å²) in [5.74, 6) is -0.428. The van der Waals surface area contributed by atoms with Gasteiger partial charge in [-0.3, -0.25) is 9.69 Å². The van der Waals surface area contributed by atoms with E-state index in [0.29, 0.717) is 32.5 Å². The second-order valence-corrected chi connectivity index (χ2v) is 7.59. The van der Waals surface area contributed by atoms with Crippen LogP contribution in [0, 0.1) is 0 Å². The van der Waals surface area contributed by atoms with Crippen molar-refractivity contribution < 1.29 is 32.2 Å². The van der Waals surface area contributed by atoms with Gasteiger partial charge >= 0.3 is 12.3 Å². The molecule has 3 heterocycles. The summed E-state index contributed by atoms with van der Waals surface area (Å²) in [4.78, 5) is 32.1. The van der Waals surface area contributed by atoms with Gasteiger partial charge < -0.3 is 14.4 Å². The van der Waals surface area contributed by atoms with Gasteiger partial charge in [-0.1, -0.05) is 19.8 Å². The van der Waals surface area contributed by atoms with E-state index in [9.17, 15) is 22.8 Å². The standard InChI is InChI=1S/C20H26F3N3O4/c1-2-3-4-16-12-29-19(28)26(16)15-7-9-25(10-8-15)18(27)14-5-6-17(24-11-14)30-13-20(21,22)23/h5-6,11,15-16H,2-4,7-10,12-13H2,1H3. The molecular weight excluding hydrogens is 403 g/mol. The van der Waals surface area contributed by atoms with E-state index >= 15 is 0 Å². The number of halogens is 3. The molecule has 1 aromatic heterocycles. The molecule has 7 nitrogen and oxygen atoms in total. The third-order valence-corrected chi connectivity index (χ3v) is 5.41. The maximum Gasteiger partial charge on any atom is 0.422 e. The Hall–Kier alpha value is -2.52. The Bertz CT molecular complexity index is 734. The van der Waals surface area contributed by atoms with Crippen molar-refractivity contribution in [3.8, 4) is 5.88 Å². The normalized spacial score (nSPS) is 20.4. The number of rotatable bonds is 7. The highest BCUT2D eigenvalue weighted by Crippen LogP contribution is 2.27. The number of cyclic esters (lactones) is 1. The third-order valence-electron chi connectivity index (χ3n) is 5.41. The van der Waals surface area contributed by atoms with Crippen LogP contribution in [0.2, 0.25) is 0 Å². The van der Waals surface area contributed by atoms with E-state index < -0.39 is 12.8 Å². The number of alkyl halides is 3. The van der Waals surface area contributed by atoms with Gasteiger partial charge in [0, 0.05) is 31.4 Å². The van der Waals surface area contributed by atoms with Crippen molar-refractivity contribution in [1.29, 1.82) is 0 Å². The number of hydrogen-bond donors (Lipinski definition) is 0. The summed E-state index contributed by atoms with van der Waals surface area (Å²) in [6.07, 6.45) is 0.809. The van der Waals surface area contributed by atoms with E-state index in [1.165, 1.54) is 18.3 Å². The van der Waals surface area contributed by atoms with Crippen LogP contribution < -0.4 is 4.74 Å². The lowest BCUT2D eigenvalue weighted by Crippen LogP contribution is -2.49. The zero-order chi connectivity index (χ0) is 21.7. The van der Waals surface area contributed by atoms with Gasteiger partial charge in [0.15, 0.2) is 6.61 Å². The maximum atomic E-state index is 12.7. The molecule has 166 valence electrons. The fraction of sp³-hybridized carbons (Fsp3) is 0.650. The first-order chi connectivity index (χ1) is 14.3. The van der Waals surface area contributed by atoms with Crippen molar-refractivity contribution in [2.45, 2.75) is 57.3 Å². The molecule has 0 radical (unpaired) electrons. The molecule has 0 bridgehead atoms. The number of nitrogens with zero attached hydrogens (tertiary/aromatic N) is 3. The molecule has 1 unspecified atom stereocenters.